The average Bonchev–Trinajstić information content (AvgIpc) is 2.09. The number of carboxylic acid groups (broad SMARTS) is 1. The van der Waals surface area contributed by atoms with E-state index in [1.807, 2.05) is 19.0 Å². The van der Waals surface area contributed by atoms with Gasteiger partial charge < -0.3 is 20.4 Å². The minimum atomic E-state index is -0.915. The van der Waals surface area contributed by atoms with Gasteiger partial charge in [0.15, 0.2) is 0 Å². The number of hydrogen-bond acceptors (Lipinski definition) is 4. The van der Waals surface area contributed by atoms with Gasteiger partial charge in [0, 0.05) is 25.2 Å². The molecule has 0 aliphatic rings. The number of likely N-dealkylation sites (N-methyl/N-ethyl adjacent to an activating group) is 1. The van der Waals surface area contributed by atoms with Gasteiger partial charge in [-0.2, -0.15) is 0 Å². The highest BCUT2D eigenvalue weighted by molar-refractivity contribution is 5.85. The average molecular weight is 230 g/mol. The zero-order chi connectivity index (χ0) is 12.8. The molecule has 0 spiro atoms. The molecule has 0 saturated heterocycles. The molecule has 0 rings (SSSR count). The molecule has 16 heavy (non-hydrogen) atoms. The van der Waals surface area contributed by atoms with Crippen LogP contribution in [0.4, 0.5) is 0 Å². The minimum Gasteiger partial charge on any atom is -0.478 e. The molecule has 0 saturated carbocycles. The summed E-state index contributed by atoms with van der Waals surface area (Å²) in [6, 6.07) is 0. The molecule has 1 atom stereocenters. The van der Waals surface area contributed by atoms with Crippen LogP contribution in [0.5, 0.6) is 0 Å². The Kier molecular flexibility index (Phi) is 6.25. The maximum absolute atomic E-state index is 10.5. The standard InChI is InChI=1S/C11H22N2O3/c1-9(10(14)15)5-6-12-7-11(2,16)8-13(3)4/h5,12,16H,6-8H2,1-4H3,(H,14,15)/b9-5-. The quantitative estimate of drug-likeness (QED) is 0.421. The summed E-state index contributed by atoms with van der Waals surface area (Å²) in [7, 11) is 3.78. The summed E-state index contributed by atoms with van der Waals surface area (Å²) < 4.78 is 0. The molecule has 0 fully saturated rings. The van der Waals surface area contributed by atoms with Crippen molar-refractivity contribution in [2.24, 2.45) is 0 Å². The normalized spacial score (nSPS) is 16.2. The van der Waals surface area contributed by atoms with Crippen LogP contribution in [0.25, 0.3) is 0 Å². The van der Waals surface area contributed by atoms with Gasteiger partial charge in [0.25, 0.3) is 0 Å². The van der Waals surface area contributed by atoms with E-state index in [0.29, 0.717) is 25.2 Å². The first-order valence-corrected chi connectivity index (χ1v) is 5.22. The molecule has 94 valence electrons. The predicted octanol–water partition coefficient (Wildman–Crippen LogP) is -0.0805. The summed E-state index contributed by atoms with van der Waals surface area (Å²) in [6.07, 6.45) is 1.59. The lowest BCUT2D eigenvalue weighted by Crippen LogP contribution is -2.45. The fraction of sp³-hybridized carbons (Fsp3) is 0.727. The summed E-state index contributed by atoms with van der Waals surface area (Å²) in [5.74, 6) is -0.915. The predicted molar refractivity (Wildman–Crippen MR) is 63.4 cm³/mol. The molecule has 0 radical (unpaired) electrons. The molecule has 0 aromatic heterocycles. The van der Waals surface area contributed by atoms with Crippen LogP contribution in [0.1, 0.15) is 13.8 Å². The summed E-state index contributed by atoms with van der Waals surface area (Å²) in [5, 5.41) is 21.5. The van der Waals surface area contributed by atoms with Crippen molar-refractivity contribution >= 4 is 5.97 Å². The lowest BCUT2D eigenvalue weighted by atomic mass is 10.1. The van der Waals surface area contributed by atoms with Gasteiger partial charge >= 0.3 is 5.97 Å². The molecular formula is C11H22N2O3. The summed E-state index contributed by atoms with van der Waals surface area (Å²) in [4.78, 5) is 12.4. The van der Waals surface area contributed by atoms with Gasteiger partial charge in [0.2, 0.25) is 0 Å². The Balaban J connectivity index is 3.90. The second-order valence-electron chi connectivity index (χ2n) is 4.56. The third-order valence-electron chi connectivity index (χ3n) is 2.05. The maximum atomic E-state index is 10.5. The van der Waals surface area contributed by atoms with Gasteiger partial charge in [0.1, 0.15) is 0 Å². The van der Waals surface area contributed by atoms with Crippen LogP contribution in [0.15, 0.2) is 11.6 Å². The van der Waals surface area contributed by atoms with Crippen LogP contribution in [-0.4, -0.2) is 60.4 Å². The van der Waals surface area contributed by atoms with E-state index in [2.05, 4.69) is 5.32 Å². The van der Waals surface area contributed by atoms with Crippen LogP contribution in [0, 0.1) is 0 Å². The van der Waals surface area contributed by atoms with E-state index < -0.39 is 11.6 Å². The van der Waals surface area contributed by atoms with Gasteiger partial charge in [-0.05, 0) is 27.9 Å². The van der Waals surface area contributed by atoms with Gasteiger partial charge in [-0.1, -0.05) is 6.08 Å². The van der Waals surface area contributed by atoms with Crippen LogP contribution < -0.4 is 5.32 Å². The van der Waals surface area contributed by atoms with Crippen molar-refractivity contribution in [3.63, 3.8) is 0 Å². The van der Waals surface area contributed by atoms with Crippen molar-refractivity contribution in [3.05, 3.63) is 11.6 Å². The lowest BCUT2D eigenvalue weighted by Gasteiger charge is -2.26. The summed E-state index contributed by atoms with van der Waals surface area (Å²) in [5.41, 5.74) is -0.506. The number of carboxylic acids is 1. The Morgan fingerprint density at radius 3 is 2.50 bits per heavy atom. The van der Waals surface area contributed by atoms with Gasteiger partial charge in [0.05, 0.1) is 5.60 Å². The topological polar surface area (TPSA) is 72.8 Å². The van der Waals surface area contributed by atoms with E-state index in [-0.39, 0.29) is 0 Å². The van der Waals surface area contributed by atoms with Gasteiger partial charge in [-0.15, -0.1) is 0 Å². The Hall–Kier alpha value is -0.910. The van der Waals surface area contributed by atoms with Crippen molar-refractivity contribution in [2.45, 2.75) is 19.4 Å². The SMILES string of the molecule is C/C(=C/CNCC(C)(O)CN(C)C)C(=O)O. The number of aliphatic carboxylic acids is 1. The van der Waals surface area contributed by atoms with Crippen molar-refractivity contribution in [1.29, 1.82) is 0 Å². The third kappa shape index (κ3) is 7.39. The summed E-state index contributed by atoms with van der Waals surface area (Å²) in [6.45, 7) is 4.72. The molecule has 0 aliphatic heterocycles. The Morgan fingerprint density at radius 1 is 1.50 bits per heavy atom. The Bertz CT molecular complexity index is 260. The first-order valence-electron chi connectivity index (χ1n) is 5.22. The highest BCUT2D eigenvalue weighted by Gasteiger charge is 2.20. The second-order valence-corrected chi connectivity index (χ2v) is 4.56. The molecule has 3 N–H and O–H groups in total. The fourth-order valence-corrected chi connectivity index (χ4v) is 1.39. The molecule has 0 bridgehead atoms. The summed E-state index contributed by atoms with van der Waals surface area (Å²) >= 11 is 0. The third-order valence-corrected chi connectivity index (χ3v) is 2.05. The smallest absolute Gasteiger partial charge is 0.330 e. The van der Waals surface area contributed by atoms with Crippen LogP contribution in [0.3, 0.4) is 0 Å². The van der Waals surface area contributed by atoms with E-state index in [1.165, 1.54) is 0 Å². The van der Waals surface area contributed by atoms with E-state index >= 15 is 0 Å². The maximum Gasteiger partial charge on any atom is 0.330 e. The number of carbonyl (C=O) groups is 1. The number of hydrogen-bond donors (Lipinski definition) is 3. The molecule has 5 nitrogen and oxygen atoms in total. The molecule has 0 aromatic rings. The largest absolute Gasteiger partial charge is 0.478 e. The molecule has 1 unspecified atom stereocenters. The minimum absolute atomic E-state index is 0.305. The number of rotatable bonds is 7. The van der Waals surface area contributed by atoms with Crippen LogP contribution in [-0.2, 0) is 4.79 Å². The first-order chi connectivity index (χ1) is 7.24. The van der Waals surface area contributed by atoms with Crippen molar-refractivity contribution in [1.82, 2.24) is 10.2 Å². The fourth-order valence-electron chi connectivity index (χ4n) is 1.39. The highest BCUT2D eigenvalue weighted by atomic mass is 16.4. The van der Waals surface area contributed by atoms with Crippen LogP contribution in [0.2, 0.25) is 0 Å². The monoisotopic (exact) mass is 230 g/mol. The van der Waals surface area contributed by atoms with E-state index in [9.17, 15) is 9.90 Å². The van der Waals surface area contributed by atoms with E-state index in [4.69, 9.17) is 5.11 Å². The molecule has 0 aliphatic carbocycles. The number of aliphatic hydroxyl groups is 1. The van der Waals surface area contributed by atoms with Crippen LogP contribution >= 0.6 is 0 Å². The zero-order valence-corrected chi connectivity index (χ0v) is 10.4. The number of nitrogens with one attached hydrogen (secondary N) is 1. The second kappa shape index (κ2) is 6.62. The van der Waals surface area contributed by atoms with Crippen molar-refractivity contribution in [2.75, 3.05) is 33.7 Å². The van der Waals surface area contributed by atoms with Gasteiger partial charge in [-0.25, -0.2) is 4.79 Å². The van der Waals surface area contributed by atoms with Crippen molar-refractivity contribution < 1.29 is 15.0 Å². The van der Waals surface area contributed by atoms with E-state index in [0.717, 1.165) is 0 Å². The number of nitrogens with zero attached hydrogens (tertiary/aromatic N) is 1. The molecule has 0 heterocycles. The Labute approximate surface area is 96.8 Å². The van der Waals surface area contributed by atoms with Gasteiger partial charge in [-0.3, -0.25) is 0 Å². The zero-order valence-electron chi connectivity index (χ0n) is 10.4. The lowest BCUT2D eigenvalue weighted by molar-refractivity contribution is -0.132. The molecule has 0 aromatic carbocycles. The molecule has 5 heteroatoms. The first kappa shape index (κ1) is 15.1. The van der Waals surface area contributed by atoms with E-state index in [1.54, 1.807) is 19.9 Å². The Morgan fingerprint density at radius 2 is 2.06 bits per heavy atom. The molecule has 0 amide bonds. The molecular weight excluding hydrogens is 208 g/mol. The van der Waals surface area contributed by atoms with Crippen molar-refractivity contribution in [3.8, 4) is 0 Å². The highest BCUT2D eigenvalue weighted by Crippen LogP contribution is 2.02.